The first kappa shape index (κ1) is 28.7. The number of hydrogen-bond donors (Lipinski definition) is 3. The molecule has 0 saturated heterocycles. The Morgan fingerprint density at radius 1 is 0.536 bits per heavy atom. The Bertz CT molecular complexity index is 487. The molecule has 0 aliphatic rings. The fourth-order valence-corrected chi connectivity index (χ4v) is 2.20. The van der Waals surface area contributed by atoms with Gasteiger partial charge in [0.1, 0.15) is 0 Å². The number of aliphatic carboxylic acids is 5. The standard InChI is InChI=1S/C14H23N3O10.Ca/c18-10(19)5-15(1-3-16(6-11(20)21)7-12(22)23)2-4-17(8-13(24)25)9-14(26)27;/h1-9H2,(H,18,19)(H,20,21)(H,22,23)(H,24,25)(H,26,27);/q;+2/p-2. The SMILES string of the molecule is O=C([O-])CN(CCN(CC(=O)[O-])CC(=O)O)CCN(CC(=O)O)CC(=O)O.[Ca+2]. The van der Waals surface area contributed by atoms with Gasteiger partial charge in [0.05, 0.1) is 31.6 Å². The fourth-order valence-electron chi connectivity index (χ4n) is 2.20. The molecule has 0 bridgehead atoms. The van der Waals surface area contributed by atoms with Gasteiger partial charge in [0.25, 0.3) is 0 Å². The second kappa shape index (κ2) is 15.4. The van der Waals surface area contributed by atoms with Crippen LogP contribution in [0.15, 0.2) is 0 Å². The Morgan fingerprint density at radius 3 is 1.07 bits per heavy atom. The molecule has 0 aliphatic heterocycles. The van der Waals surface area contributed by atoms with E-state index in [-0.39, 0.29) is 63.9 Å². The van der Waals surface area contributed by atoms with Gasteiger partial charge in [-0.2, -0.15) is 0 Å². The number of carbonyl (C=O) groups excluding carboxylic acids is 2. The molecule has 0 radical (unpaired) electrons. The van der Waals surface area contributed by atoms with Crippen molar-refractivity contribution in [1.82, 2.24) is 14.7 Å². The largest absolute Gasteiger partial charge is 2.00 e. The number of carbonyl (C=O) groups is 5. The Morgan fingerprint density at radius 2 is 0.786 bits per heavy atom. The number of hydrogen-bond acceptors (Lipinski definition) is 10. The van der Waals surface area contributed by atoms with E-state index in [1.54, 1.807) is 0 Å². The molecular formula is C14H21CaN3O10. The predicted octanol–water partition coefficient (Wildman–Crippen LogP) is -5.73. The monoisotopic (exact) mass is 431 g/mol. The van der Waals surface area contributed by atoms with Gasteiger partial charge < -0.3 is 35.1 Å². The van der Waals surface area contributed by atoms with Crippen LogP contribution in [0.25, 0.3) is 0 Å². The van der Waals surface area contributed by atoms with Gasteiger partial charge in [0.2, 0.25) is 0 Å². The molecule has 13 nitrogen and oxygen atoms in total. The summed E-state index contributed by atoms with van der Waals surface area (Å²) in [4.78, 5) is 57.1. The van der Waals surface area contributed by atoms with E-state index < -0.39 is 62.6 Å². The second-order valence-electron chi connectivity index (χ2n) is 5.62. The molecule has 28 heavy (non-hydrogen) atoms. The molecule has 0 aromatic carbocycles. The molecular weight excluding hydrogens is 410 g/mol. The summed E-state index contributed by atoms with van der Waals surface area (Å²) in [6.45, 7) is -3.32. The van der Waals surface area contributed by atoms with E-state index in [0.29, 0.717) is 0 Å². The average Bonchev–Trinajstić information content (AvgIpc) is 2.46. The molecule has 14 heteroatoms. The minimum absolute atomic E-state index is 0. The maximum Gasteiger partial charge on any atom is 2.00 e. The predicted molar refractivity (Wildman–Crippen MR) is 88.0 cm³/mol. The summed E-state index contributed by atoms with van der Waals surface area (Å²) < 4.78 is 0. The van der Waals surface area contributed by atoms with E-state index in [1.165, 1.54) is 4.90 Å². The zero-order valence-corrected chi connectivity index (χ0v) is 17.3. The van der Waals surface area contributed by atoms with Crippen molar-refractivity contribution in [1.29, 1.82) is 0 Å². The van der Waals surface area contributed by atoms with Crippen LogP contribution in [-0.4, -0.2) is 157 Å². The molecule has 154 valence electrons. The van der Waals surface area contributed by atoms with Gasteiger partial charge in [-0.1, -0.05) is 0 Å². The quantitative estimate of drug-likeness (QED) is 0.195. The van der Waals surface area contributed by atoms with Crippen LogP contribution in [-0.2, 0) is 24.0 Å². The zero-order chi connectivity index (χ0) is 21.0. The first-order chi connectivity index (χ1) is 12.5. The summed E-state index contributed by atoms with van der Waals surface area (Å²) in [5.74, 6) is -6.76. The van der Waals surface area contributed by atoms with Crippen molar-refractivity contribution in [3.63, 3.8) is 0 Å². The van der Waals surface area contributed by atoms with Crippen molar-refractivity contribution in [2.75, 3.05) is 58.9 Å². The van der Waals surface area contributed by atoms with Gasteiger partial charge in [0, 0.05) is 39.3 Å². The topological polar surface area (TPSA) is 202 Å². The van der Waals surface area contributed by atoms with Gasteiger partial charge in [-0.15, -0.1) is 0 Å². The summed E-state index contributed by atoms with van der Waals surface area (Å²) in [5, 5.41) is 47.8. The number of rotatable bonds is 16. The van der Waals surface area contributed by atoms with Crippen LogP contribution in [0, 0.1) is 0 Å². The van der Waals surface area contributed by atoms with Crippen molar-refractivity contribution < 1.29 is 49.5 Å². The maximum atomic E-state index is 10.8. The van der Waals surface area contributed by atoms with Gasteiger partial charge in [-0.05, 0) is 0 Å². The smallest absolute Gasteiger partial charge is 0.549 e. The normalized spacial score (nSPS) is 10.7. The molecule has 0 rings (SSSR count). The zero-order valence-electron chi connectivity index (χ0n) is 15.1. The fraction of sp³-hybridized carbons (Fsp3) is 0.643. The van der Waals surface area contributed by atoms with E-state index in [4.69, 9.17) is 15.3 Å². The summed E-state index contributed by atoms with van der Waals surface area (Å²) in [5.41, 5.74) is 0. The van der Waals surface area contributed by atoms with Crippen LogP contribution in [0.1, 0.15) is 0 Å². The minimum Gasteiger partial charge on any atom is -0.549 e. The maximum absolute atomic E-state index is 10.8. The van der Waals surface area contributed by atoms with E-state index in [0.717, 1.165) is 9.80 Å². The van der Waals surface area contributed by atoms with Crippen molar-refractivity contribution in [3.8, 4) is 0 Å². The Labute approximate surface area is 190 Å². The van der Waals surface area contributed by atoms with Crippen molar-refractivity contribution in [2.45, 2.75) is 0 Å². The van der Waals surface area contributed by atoms with Crippen LogP contribution in [0.5, 0.6) is 0 Å². The first-order valence-corrected chi connectivity index (χ1v) is 7.71. The van der Waals surface area contributed by atoms with Crippen molar-refractivity contribution >= 4 is 67.6 Å². The molecule has 0 heterocycles. The Balaban J connectivity index is 0. The summed E-state index contributed by atoms with van der Waals surface area (Å²) in [7, 11) is 0. The Kier molecular flexibility index (Phi) is 15.8. The van der Waals surface area contributed by atoms with Gasteiger partial charge in [0.15, 0.2) is 0 Å². The number of carboxylic acids is 5. The minimum atomic E-state index is -1.50. The van der Waals surface area contributed by atoms with Crippen LogP contribution in [0.3, 0.4) is 0 Å². The number of carboxylic acid groups (broad SMARTS) is 5. The molecule has 0 unspecified atom stereocenters. The van der Waals surface area contributed by atoms with Crippen LogP contribution in [0.4, 0.5) is 0 Å². The third kappa shape index (κ3) is 16.6. The van der Waals surface area contributed by atoms with Crippen molar-refractivity contribution in [3.05, 3.63) is 0 Å². The molecule has 0 aromatic rings. The van der Waals surface area contributed by atoms with Gasteiger partial charge >= 0.3 is 55.6 Å². The molecule has 0 amide bonds. The second-order valence-corrected chi connectivity index (χ2v) is 5.62. The third-order valence-electron chi connectivity index (χ3n) is 3.25. The van der Waals surface area contributed by atoms with Crippen LogP contribution in [0.2, 0.25) is 0 Å². The summed E-state index contributed by atoms with van der Waals surface area (Å²) in [6.07, 6.45) is 0. The average molecular weight is 431 g/mol. The molecule has 0 spiro atoms. The van der Waals surface area contributed by atoms with E-state index >= 15 is 0 Å². The van der Waals surface area contributed by atoms with E-state index in [9.17, 15) is 34.2 Å². The van der Waals surface area contributed by atoms with Crippen LogP contribution >= 0.6 is 0 Å². The van der Waals surface area contributed by atoms with Crippen molar-refractivity contribution in [2.24, 2.45) is 0 Å². The van der Waals surface area contributed by atoms with Crippen LogP contribution < -0.4 is 10.2 Å². The molecule has 0 aromatic heterocycles. The molecule has 0 saturated carbocycles. The summed E-state index contributed by atoms with van der Waals surface area (Å²) in [6, 6.07) is 0. The van der Waals surface area contributed by atoms with E-state index in [2.05, 4.69) is 0 Å². The third-order valence-corrected chi connectivity index (χ3v) is 3.25. The Hall–Kier alpha value is -1.51. The van der Waals surface area contributed by atoms with Gasteiger partial charge in [-0.3, -0.25) is 29.1 Å². The molecule has 0 atom stereocenters. The molecule has 3 N–H and O–H groups in total. The number of nitrogens with zero attached hydrogens (tertiary/aromatic N) is 3. The first-order valence-electron chi connectivity index (χ1n) is 7.71. The summed E-state index contributed by atoms with van der Waals surface area (Å²) >= 11 is 0. The molecule has 0 aliphatic carbocycles. The van der Waals surface area contributed by atoms with E-state index in [1.807, 2.05) is 0 Å². The van der Waals surface area contributed by atoms with Gasteiger partial charge in [-0.25, -0.2) is 0 Å². The molecule has 0 fully saturated rings.